The first-order chi connectivity index (χ1) is 15.1. The van der Waals surface area contributed by atoms with E-state index in [-0.39, 0.29) is 16.7 Å². The van der Waals surface area contributed by atoms with E-state index in [0.29, 0.717) is 33.5 Å². The van der Waals surface area contributed by atoms with Crippen molar-refractivity contribution in [3.8, 4) is 11.4 Å². The lowest BCUT2D eigenvalue weighted by Crippen LogP contribution is -2.20. The highest BCUT2D eigenvalue weighted by Crippen LogP contribution is 2.28. The number of alkyl halides is 3. The number of hydrogen-bond acceptors (Lipinski definition) is 4. The molecule has 0 aliphatic rings. The standard InChI is InChI=1S/C21H18F4N4O2S/c1-12-9-26-17(13(2)19(12)31-11-21(23,24)25)10-32(30)20-27-15-7-14(22)18(8-16(15)28-20)29-5-3-4-6-29/h3-9H,10-11H2,1-2H3,(H,27,28). The number of benzene rings is 1. The zero-order chi connectivity index (χ0) is 23.0. The van der Waals surface area contributed by atoms with Crippen LogP contribution >= 0.6 is 0 Å². The van der Waals surface area contributed by atoms with Crippen molar-refractivity contribution in [2.24, 2.45) is 0 Å². The predicted molar refractivity (Wildman–Crippen MR) is 111 cm³/mol. The maximum absolute atomic E-state index is 14.5. The lowest BCUT2D eigenvalue weighted by atomic mass is 10.1. The Bertz CT molecular complexity index is 1300. The largest absolute Gasteiger partial charge is 0.483 e. The number of nitrogens with one attached hydrogen (secondary N) is 1. The average molecular weight is 466 g/mol. The van der Waals surface area contributed by atoms with Gasteiger partial charge in [0.15, 0.2) is 11.8 Å². The van der Waals surface area contributed by atoms with Gasteiger partial charge in [0.05, 0.1) is 39.0 Å². The molecule has 0 radical (unpaired) electrons. The highest BCUT2D eigenvalue weighted by atomic mass is 32.2. The Balaban J connectivity index is 1.60. The minimum Gasteiger partial charge on any atom is -0.483 e. The van der Waals surface area contributed by atoms with Crippen molar-refractivity contribution < 1.29 is 26.5 Å². The van der Waals surface area contributed by atoms with Crippen molar-refractivity contribution >= 4 is 21.8 Å². The van der Waals surface area contributed by atoms with E-state index < -0.39 is 29.4 Å². The van der Waals surface area contributed by atoms with E-state index in [1.165, 1.54) is 12.3 Å². The normalized spacial score (nSPS) is 12.9. The molecule has 1 aromatic carbocycles. The minimum absolute atomic E-state index is 0.0624. The van der Waals surface area contributed by atoms with E-state index in [0.717, 1.165) is 0 Å². The first-order valence-electron chi connectivity index (χ1n) is 9.48. The molecule has 0 aliphatic carbocycles. The van der Waals surface area contributed by atoms with Gasteiger partial charge in [-0.05, 0) is 32.0 Å². The lowest BCUT2D eigenvalue weighted by molar-refractivity contribution is -0.153. The summed E-state index contributed by atoms with van der Waals surface area (Å²) in [4.78, 5) is 11.4. The molecule has 0 saturated heterocycles. The molecule has 0 saturated carbocycles. The Labute approximate surface area is 182 Å². The average Bonchev–Trinajstić information content (AvgIpc) is 3.38. The van der Waals surface area contributed by atoms with Gasteiger partial charge in [0, 0.05) is 35.8 Å². The van der Waals surface area contributed by atoms with Gasteiger partial charge in [-0.3, -0.25) is 9.19 Å². The number of aromatic nitrogens is 4. The number of aryl methyl sites for hydroxylation is 1. The SMILES string of the molecule is Cc1cnc(CS(=O)c2nc3cc(-n4cccc4)c(F)cc3[nH]2)c(C)c1OCC(F)(F)F. The number of halogens is 4. The summed E-state index contributed by atoms with van der Waals surface area (Å²) in [6.45, 7) is 1.72. The molecular formula is C21H18F4N4O2S. The molecule has 32 heavy (non-hydrogen) atoms. The summed E-state index contributed by atoms with van der Waals surface area (Å²) < 4.78 is 71.6. The second-order valence-electron chi connectivity index (χ2n) is 7.19. The van der Waals surface area contributed by atoms with Gasteiger partial charge in [-0.25, -0.2) is 9.37 Å². The molecule has 168 valence electrons. The predicted octanol–water partition coefficient (Wildman–Crippen LogP) is 4.75. The quantitative estimate of drug-likeness (QED) is 0.416. The Morgan fingerprint density at radius 1 is 1.19 bits per heavy atom. The van der Waals surface area contributed by atoms with Crippen LogP contribution in [0.5, 0.6) is 5.75 Å². The molecule has 6 nitrogen and oxygen atoms in total. The van der Waals surface area contributed by atoms with Gasteiger partial charge in [-0.15, -0.1) is 0 Å². The zero-order valence-corrected chi connectivity index (χ0v) is 17.9. The van der Waals surface area contributed by atoms with Crippen LogP contribution in [0.1, 0.15) is 16.8 Å². The van der Waals surface area contributed by atoms with Crippen LogP contribution in [0.15, 0.2) is 48.0 Å². The van der Waals surface area contributed by atoms with Crippen molar-refractivity contribution in [3.05, 3.63) is 65.5 Å². The number of hydrogen-bond donors (Lipinski definition) is 1. The van der Waals surface area contributed by atoms with Gasteiger partial charge in [0.2, 0.25) is 0 Å². The van der Waals surface area contributed by atoms with Crippen molar-refractivity contribution in [2.45, 2.75) is 30.9 Å². The van der Waals surface area contributed by atoms with E-state index in [9.17, 15) is 21.8 Å². The molecule has 1 atom stereocenters. The number of aromatic amines is 1. The third-order valence-electron chi connectivity index (χ3n) is 4.82. The Morgan fingerprint density at radius 2 is 1.91 bits per heavy atom. The summed E-state index contributed by atoms with van der Waals surface area (Å²) in [6, 6.07) is 6.34. The van der Waals surface area contributed by atoms with Crippen molar-refractivity contribution in [1.82, 2.24) is 19.5 Å². The van der Waals surface area contributed by atoms with Gasteiger partial charge >= 0.3 is 6.18 Å². The third kappa shape index (κ3) is 4.52. The molecule has 0 spiro atoms. The number of ether oxygens (including phenoxy) is 1. The summed E-state index contributed by atoms with van der Waals surface area (Å²) in [7, 11) is -1.70. The second kappa shape index (κ2) is 8.38. The van der Waals surface area contributed by atoms with Gasteiger partial charge < -0.3 is 14.3 Å². The maximum atomic E-state index is 14.5. The fraction of sp³-hybridized carbons (Fsp3) is 0.238. The topological polar surface area (TPSA) is 72.8 Å². The summed E-state index contributed by atoms with van der Waals surface area (Å²) in [5, 5.41) is 0.114. The van der Waals surface area contributed by atoms with Crippen molar-refractivity contribution in [2.75, 3.05) is 6.61 Å². The van der Waals surface area contributed by atoms with E-state index >= 15 is 0 Å². The summed E-state index contributed by atoms with van der Waals surface area (Å²) in [5.41, 5.74) is 2.25. The fourth-order valence-electron chi connectivity index (χ4n) is 3.27. The summed E-state index contributed by atoms with van der Waals surface area (Å²) >= 11 is 0. The maximum Gasteiger partial charge on any atom is 0.422 e. The van der Waals surface area contributed by atoms with Crippen molar-refractivity contribution in [3.63, 3.8) is 0 Å². The number of nitrogens with zero attached hydrogens (tertiary/aromatic N) is 3. The van der Waals surface area contributed by atoms with E-state index in [2.05, 4.69) is 15.0 Å². The lowest BCUT2D eigenvalue weighted by Gasteiger charge is -2.15. The number of rotatable bonds is 6. The smallest absolute Gasteiger partial charge is 0.422 e. The molecule has 0 fully saturated rings. The highest BCUT2D eigenvalue weighted by molar-refractivity contribution is 7.84. The molecule has 0 bridgehead atoms. The van der Waals surface area contributed by atoms with Crippen LogP contribution in [-0.4, -0.2) is 36.5 Å². The van der Waals surface area contributed by atoms with Crippen LogP contribution in [0.3, 0.4) is 0 Å². The number of H-pyrrole nitrogens is 1. The van der Waals surface area contributed by atoms with Crippen LogP contribution in [0.2, 0.25) is 0 Å². The fourth-order valence-corrected chi connectivity index (χ4v) is 4.37. The van der Waals surface area contributed by atoms with E-state index in [1.807, 2.05) is 0 Å². The molecule has 11 heteroatoms. The van der Waals surface area contributed by atoms with Crippen molar-refractivity contribution in [1.29, 1.82) is 0 Å². The number of imidazole rings is 1. The number of pyridine rings is 1. The molecule has 4 rings (SSSR count). The molecule has 1 N–H and O–H groups in total. The first kappa shape index (κ1) is 22.0. The first-order valence-corrected chi connectivity index (χ1v) is 10.8. The monoisotopic (exact) mass is 466 g/mol. The van der Waals surface area contributed by atoms with Crippen LogP contribution in [0, 0.1) is 19.7 Å². The highest BCUT2D eigenvalue weighted by Gasteiger charge is 2.29. The molecule has 1 unspecified atom stereocenters. The molecule has 3 aromatic heterocycles. The van der Waals surface area contributed by atoms with Crippen LogP contribution in [-0.2, 0) is 16.6 Å². The molecule has 4 aromatic rings. The summed E-state index contributed by atoms with van der Waals surface area (Å²) in [6.07, 6.45) is 0.289. The minimum atomic E-state index is -4.48. The number of fused-ring (bicyclic) bond motifs is 1. The Hall–Kier alpha value is -3.21. The molecule has 0 amide bonds. The zero-order valence-electron chi connectivity index (χ0n) is 17.0. The molecular weight excluding hydrogens is 448 g/mol. The van der Waals surface area contributed by atoms with E-state index in [4.69, 9.17) is 4.74 Å². The molecule has 3 heterocycles. The van der Waals surface area contributed by atoms with Gasteiger partial charge in [-0.1, -0.05) is 0 Å². The second-order valence-corrected chi connectivity index (χ2v) is 8.56. The van der Waals surface area contributed by atoms with Gasteiger partial charge in [0.25, 0.3) is 0 Å². The Kier molecular flexibility index (Phi) is 5.76. The van der Waals surface area contributed by atoms with E-state index in [1.54, 1.807) is 49.0 Å². The summed E-state index contributed by atoms with van der Waals surface area (Å²) in [5.74, 6) is -0.508. The third-order valence-corrected chi connectivity index (χ3v) is 5.98. The van der Waals surface area contributed by atoms with Gasteiger partial charge in [-0.2, -0.15) is 13.2 Å². The van der Waals surface area contributed by atoms with Crippen LogP contribution in [0.4, 0.5) is 17.6 Å². The Morgan fingerprint density at radius 3 is 2.59 bits per heavy atom. The molecule has 0 aliphatic heterocycles. The van der Waals surface area contributed by atoms with Gasteiger partial charge in [0.1, 0.15) is 11.6 Å². The van der Waals surface area contributed by atoms with Crippen LogP contribution < -0.4 is 4.74 Å². The van der Waals surface area contributed by atoms with Crippen LogP contribution in [0.25, 0.3) is 16.7 Å².